The van der Waals surface area contributed by atoms with Gasteiger partial charge in [0.05, 0.1) is 6.07 Å². The largest absolute Gasteiger partial charge is 0.318 e. The smallest absolute Gasteiger partial charge is 0.269 e. The Balaban J connectivity index is 0. The number of carbonyl (C=O) groups is 1. The Morgan fingerprint density at radius 2 is 2.25 bits per heavy atom. The molecule has 0 heterocycles. The Labute approximate surface area is 45.3 Å². The molecule has 0 aliphatic heterocycles. The zero-order chi connectivity index (χ0) is 5.86. The van der Waals surface area contributed by atoms with Gasteiger partial charge < -0.3 is 0 Å². The summed E-state index contributed by atoms with van der Waals surface area (Å²) in [6.07, 6.45) is 0. The fourth-order valence-electron chi connectivity index (χ4n) is 0.0507. The van der Waals surface area contributed by atoms with Crippen LogP contribution in [0.15, 0.2) is 0 Å². The zero-order valence-corrected chi connectivity index (χ0v) is 4.22. The van der Waals surface area contributed by atoms with Gasteiger partial charge in [-0.3, -0.25) is 9.50 Å². The van der Waals surface area contributed by atoms with Crippen LogP contribution >= 0.6 is 0 Å². The number of carbonyl (C=O) groups excluding carboxylic acids is 1. The maximum atomic E-state index is 11.2. The summed E-state index contributed by atoms with van der Waals surface area (Å²) in [4.78, 5) is 9.49. The predicted molar refractivity (Wildman–Crippen MR) is 23.4 cm³/mol. The Kier molecular flexibility index (Phi) is 5.28. The fraction of sp³-hybridized carbons (Fsp3) is 0.500. The molecule has 0 spiro atoms. The van der Waals surface area contributed by atoms with Crippen LogP contribution < -0.4 is 0 Å². The minimum absolute atomic E-state index is 0. The molecule has 1 unspecified atom stereocenters. The molecule has 0 saturated heterocycles. The minimum Gasteiger partial charge on any atom is -0.269 e. The van der Waals surface area contributed by atoms with Crippen LogP contribution in [0.4, 0.5) is 9.09 Å². The summed E-state index contributed by atoms with van der Waals surface area (Å²) in [6, 6.07) is -0.127. The van der Waals surface area contributed by atoms with E-state index in [2.05, 4.69) is 0 Å². The minimum atomic E-state index is -1.57. The van der Waals surface area contributed by atoms with E-state index < -0.39 is 12.0 Å². The number of rotatable bonds is 1. The van der Waals surface area contributed by atoms with Gasteiger partial charge in [0, 0.05) is 0 Å². The van der Waals surface area contributed by atoms with E-state index in [1.807, 2.05) is 0 Å². The molecule has 0 radical (unpaired) electrons. The Morgan fingerprint density at radius 1 is 1.88 bits per heavy atom. The lowest BCUT2D eigenvalue weighted by Gasteiger charge is -1.83. The highest BCUT2D eigenvalue weighted by molar-refractivity contribution is 5.73. The summed E-state index contributed by atoms with van der Waals surface area (Å²) in [5.41, 5.74) is 0. The second-order valence-corrected chi connectivity index (χ2v) is 1.15. The average Bonchev–Trinajstić information content (AvgIpc) is 1.65. The zero-order valence-electron chi connectivity index (χ0n) is 4.22. The molecule has 46 valence electrons. The summed E-state index contributed by atoms with van der Waals surface area (Å²) < 4.78 is 11.2. The molecule has 4 heteroatoms. The highest BCUT2D eigenvalue weighted by Crippen LogP contribution is 1.92. The molecule has 0 N–H and O–H groups in total. The average molecular weight is 121 g/mol. The predicted octanol–water partition coefficient (Wildman–Crippen LogP) is 0.795. The molecule has 0 aliphatic rings. The van der Waals surface area contributed by atoms with Gasteiger partial charge in [0.25, 0.3) is 0 Å². The second kappa shape index (κ2) is 4.19. The van der Waals surface area contributed by atoms with E-state index in [1.165, 1.54) is 13.0 Å². The summed E-state index contributed by atoms with van der Waals surface area (Å²) in [5.74, 6) is -1.10. The first kappa shape index (κ1) is 10.1. The molecule has 8 heavy (non-hydrogen) atoms. The fourth-order valence-corrected chi connectivity index (χ4v) is 0.0507. The lowest BCUT2D eigenvalue weighted by Crippen LogP contribution is -1.99. The first-order valence-corrected chi connectivity index (χ1v) is 1.77. The van der Waals surface area contributed by atoms with Crippen molar-refractivity contribution in [3.05, 3.63) is 0 Å². The summed E-state index contributed by atoms with van der Waals surface area (Å²) >= 11 is 0. The van der Waals surface area contributed by atoms with Gasteiger partial charge in [0.1, 0.15) is 5.92 Å². The van der Waals surface area contributed by atoms with Crippen molar-refractivity contribution in [3.8, 4) is 6.07 Å². The first-order chi connectivity index (χ1) is 3.18. The number of halogens is 2. The quantitative estimate of drug-likeness (QED) is 0.481. The number of hydrogen-bond acceptors (Lipinski definition) is 2. The molecule has 2 nitrogen and oxygen atoms in total. The standard InChI is InChI=1S/C4H4FNO.FH/c1-3(2-6)4(5)7;/h3H,1H3;1H. The van der Waals surface area contributed by atoms with Gasteiger partial charge in [-0.15, -0.1) is 0 Å². The van der Waals surface area contributed by atoms with E-state index in [-0.39, 0.29) is 4.70 Å². The van der Waals surface area contributed by atoms with Gasteiger partial charge in [0.2, 0.25) is 0 Å². The number of hydrogen-bond donors (Lipinski definition) is 0. The van der Waals surface area contributed by atoms with Crippen LogP contribution in [0.2, 0.25) is 0 Å². The Hall–Kier alpha value is -0.980. The summed E-state index contributed by atoms with van der Waals surface area (Å²) in [5, 5.41) is 7.79. The third-order valence-corrected chi connectivity index (χ3v) is 0.534. The molecule has 0 aromatic carbocycles. The third kappa shape index (κ3) is 3.22. The van der Waals surface area contributed by atoms with Crippen molar-refractivity contribution in [1.29, 1.82) is 5.26 Å². The van der Waals surface area contributed by atoms with Crippen molar-refractivity contribution in [2.45, 2.75) is 6.92 Å². The molecular weight excluding hydrogens is 116 g/mol. The van der Waals surface area contributed by atoms with Crippen molar-refractivity contribution >= 4 is 6.04 Å². The van der Waals surface area contributed by atoms with E-state index in [9.17, 15) is 9.18 Å². The molecule has 0 aromatic rings. The van der Waals surface area contributed by atoms with Gasteiger partial charge in [-0.1, -0.05) is 0 Å². The lowest BCUT2D eigenvalue weighted by atomic mass is 10.2. The Bertz CT molecular complexity index is 118. The van der Waals surface area contributed by atoms with Crippen LogP contribution in [0, 0.1) is 17.2 Å². The topological polar surface area (TPSA) is 40.9 Å². The van der Waals surface area contributed by atoms with Crippen molar-refractivity contribution in [2.24, 2.45) is 5.92 Å². The summed E-state index contributed by atoms with van der Waals surface area (Å²) in [6.45, 7) is 1.21. The normalized spacial score (nSPS) is 10.6. The molecule has 0 aliphatic carbocycles. The molecule has 1 atom stereocenters. The number of nitrogens with zero attached hydrogens (tertiary/aromatic N) is 1. The van der Waals surface area contributed by atoms with Crippen LogP contribution in [0.5, 0.6) is 0 Å². The van der Waals surface area contributed by atoms with Gasteiger partial charge >= 0.3 is 6.04 Å². The molecule has 0 rings (SSSR count). The maximum absolute atomic E-state index is 11.2. The highest BCUT2D eigenvalue weighted by Gasteiger charge is 2.07. The third-order valence-electron chi connectivity index (χ3n) is 0.534. The molecule has 0 saturated carbocycles. The highest BCUT2D eigenvalue weighted by atomic mass is 19.1. The SMILES string of the molecule is CC(C#N)C(=O)F.F. The molecule has 0 bridgehead atoms. The Morgan fingerprint density at radius 3 is 2.25 bits per heavy atom. The van der Waals surface area contributed by atoms with Crippen LogP contribution in [0.3, 0.4) is 0 Å². The second-order valence-electron chi connectivity index (χ2n) is 1.15. The molecule has 0 aromatic heterocycles. The molecular formula is C4H5F2NO. The van der Waals surface area contributed by atoms with E-state index in [4.69, 9.17) is 5.26 Å². The van der Waals surface area contributed by atoms with Gasteiger partial charge in [-0.2, -0.15) is 9.65 Å². The van der Waals surface area contributed by atoms with Crippen LogP contribution in [-0.2, 0) is 4.79 Å². The first-order valence-electron chi connectivity index (χ1n) is 1.77. The maximum Gasteiger partial charge on any atom is 0.318 e. The van der Waals surface area contributed by atoms with E-state index in [0.29, 0.717) is 0 Å². The van der Waals surface area contributed by atoms with Crippen molar-refractivity contribution in [1.82, 2.24) is 0 Å². The van der Waals surface area contributed by atoms with Crippen LogP contribution in [0.1, 0.15) is 6.92 Å². The van der Waals surface area contributed by atoms with Crippen molar-refractivity contribution in [2.75, 3.05) is 0 Å². The molecule has 0 amide bonds. The van der Waals surface area contributed by atoms with Crippen LogP contribution in [0.25, 0.3) is 0 Å². The van der Waals surface area contributed by atoms with Crippen LogP contribution in [-0.4, -0.2) is 6.04 Å². The number of nitriles is 1. The monoisotopic (exact) mass is 121 g/mol. The van der Waals surface area contributed by atoms with Crippen molar-refractivity contribution < 1.29 is 13.9 Å². The van der Waals surface area contributed by atoms with Gasteiger partial charge in [-0.25, -0.2) is 0 Å². The van der Waals surface area contributed by atoms with Crippen molar-refractivity contribution in [3.63, 3.8) is 0 Å². The van der Waals surface area contributed by atoms with E-state index in [1.54, 1.807) is 0 Å². The van der Waals surface area contributed by atoms with E-state index >= 15 is 0 Å². The van der Waals surface area contributed by atoms with Gasteiger partial charge in [-0.05, 0) is 6.92 Å². The summed E-state index contributed by atoms with van der Waals surface area (Å²) in [7, 11) is 0. The lowest BCUT2D eigenvalue weighted by molar-refractivity contribution is -0.131. The van der Waals surface area contributed by atoms with E-state index in [0.717, 1.165) is 0 Å². The van der Waals surface area contributed by atoms with Gasteiger partial charge in [0.15, 0.2) is 0 Å². The molecule has 0 fully saturated rings.